The van der Waals surface area contributed by atoms with E-state index in [2.05, 4.69) is 25.8 Å². The van der Waals surface area contributed by atoms with Crippen LogP contribution in [0.25, 0.3) is 0 Å². The van der Waals surface area contributed by atoms with Gasteiger partial charge in [0.1, 0.15) is 11.6 Å². The summed E-state index contributed by atoms with van der Waals surface area (Å²) >= 11 is 0. The molecule has 3 aromatic rings. The van der Waals surface area contributed by atoms with Crippen molar-refractivity contribution < 1.29 is 4.39 Å². The minimum Gasteiger partial charge on any atom is -0.352 e. The minimum atomic E-state index is -0.260. The number of guanidine groups is 1. The summed E-state index contributed by atoms with van der Waals surface area (Å²) in [6.45, 7) is 3.40. The van der Waals surface area contributed by atoms with Gasteiger partial charge in [-0.3, -0.25) is 0 Å². The van der Waals surface area contributed by atoms with Crippen LogP contribution in [-0.4, -0.2) is 20.7 Å². The van der Waals surface area contributed by atoms with Gasteiger partial charge in [0.25, 0.3) is 0 Å². The molecule has 1 aromatic heterocycles. The number of halogens is 1. The van der Waals surface area contributed by atoms with Crippen molar-refractivity contribution in [3.05, 3.63) is 83.2 Å². The Morgan fingerprint density at radius 1 is 1.00 bits per heavy atom. The fourth-order valence-electron chi connectivity index (χ4n) is 2.53. The molecule has 0 aliphatic carbocycles. The molecule has 0 fully saturated rings. The number of aliphatic imine (C=N–C) groups is 1. The van der Waals surface area contributed by atoms with E-state index < -0.39 is 0 Å². The highest BCUT2D eigenvalue weighted by molar-refractivity contribution is 5.79. The SMILES string of the molecule is Cc1nnc(CNC(=NCc2cccc(F)c2)NCc2ccccc2)n1C. The molecule has 3 rings (SSSR count). The molecule has 0 aliphatic rings. The van der Waals surface area contributed by atoms with Crippen molar-refractivity contribution in [1.82, 2.24) is 25.4 Å². The number of aromatic nitrogens is 3. The summed E-state index contributed by atoms with van der Waals surface area (Å²) in [6, 6.07) is 16.5. The molecular weight excluding hydrogens is 343 g/mol. The molecule has 0 unspecified atom stereocenters. The molecule has 0 spiro atoms. The van der Waals surface area contributed by atoms with Gasteiger partial charge in [-0.25, -0.2) is 9.38 Å². The van der Waals surface area contributed by atoms with Gasteiger partial charge in [0, 0.05) is 13.6 Å². The topological polar surface area (TPSA) is 67.1 Å². The molecule has 6 nitrogen and oxygen atoms in total. The molecule has 140 valence electrons. The zero-order valence-corrected chi connectivity index (χ0v) is 15.5. The summed E-state index contributed by atoms with van der Waals surface area (Å²) in [6.07, 6.45) is 0. The molecule has 0 aliphatic heterocycles. The van der Waals surface area contributed by atoms with Crippen LogP contribution in [0.5, 0.6) is 0 Å². The number of benzene rings is 2. The van der Waals surface area contributed by atoms with Crippen LogP contribution in [0.1, 0.15) is 22.8 Å². The molecule has 2 aromatic carbocycles. The summed E-state index contributed by atoms with van der Waals surface area (Å²) in [5.41, 5.74) is 1.96. The van der Waals surface area contributed by atoms with Gasteiger partial charge in [0.15, 0.2) is 11.8 Å². The Morgan fingerprint density at radius 3 is 2.44 bits per heavy atom. The fraction of sp³-hybridized carbons (Fsp3) is 0.250. The first kappa shape index (κ1) is 18.6. The van der Waals surface area contributed by atoms with Crippen LogP contribution < -0.4 is 10.6 Å². The monoisotopic (exact) mass is 366 g/mol. The molecule has 0 bridgehead atoms. The van der Waals surface area contributed by atoms with Gasteiger partial charge in [0.05, 0.1) is 13.1 Å². The van der Waals surface area contributed by atoms with Crippen LogP contribution in [0.3, 0.4) is 0 Å². The molecule has 0 atom stereocenters. The second kappa shape index (κ2) is 8.93. The molecule has 7 heteroatoms. The van der Waals surface area contributed by atoms with Gasteiger partial charge in [-0.1, -0.05) is 42.5 Å². The van der Waals surface area contributed by atoms with Crippen LogP contribution >= 0.6 is 0 Å². The van der Waals surface area contributed by atoms with Crippen molar-refractivity contribution in [2.75, 3.05) is 0 Å². The molecule has 0 amide bonds. The van der Waals surface area contributed by atoms with Crippen molar-refractivity contribution >= 4 is 5.96 Å². The van der Waals surface area contributed by atoms with Crippen LogP contribution in [0, 0.1) is 12.7 Å². The lowest BCUT2D eigenvalue weighted by Gasteiger charge is -2.13. The van der Waals surface area contributed by atoms with Crippen LogP contribution in [0.4, 0.5) is 4.39 Å². The average Bonchev–Trinajstić information content (AvgIpc) is 3.00. The second-order valence-corrected chi connectivity index (χ2v) is 6.21. The Hall–Kier alpha value is -3.22. The number of rotatable bonds is 6. The number of hydrogen-bond donors (Lipinski definition) is 2. The molecule has 1 heterocycles. The Balaban J connectivity index is 1.68. The number of nitrogens with one attached hydrogen (secondary N) is 2. The first-order chi connectivity index (χ1) is 13.1. The van der Waals surface area contributed by atoms with E-state index in [1.807, 2.05) is 54.9 Å². The molecule has 0 radical (unpaired) electrons. The highest BCUT2D eigenvalue weighted by Crippen LogP contribution is 2.05. The van der Waals surface area contributed by atoms with E-state index in [-0.39, 0.29) is 5.82 Å². The van der Waals surface area contributed by atoms with Crippen molar-refractivity contribution in [1.29, 1.82) is 0 Å². The third kappa shape index (κ3) is 5.37. The van der Waals surface area contributed by atoms with Crippen molar-refractivity contribution in [2.45, 2.75) is 26.6 Å². The average molecular weight is 366 g/mol. The largest absolute Gasteiger partial charge is 0.352 e. The van der Waals surface area contributed by atoms with E-state index in [1.54, 1.807) is 6.07 Å². The molecule has 0 saturated carbocycles. The van der Waals surface area contributed by atoms with Gasteiger partial charge in [0.2, 0.25) is 0 Å². The maximum atomic E-state index is 13.4. The van der Waals surface area contributed by atoms with E-state index in [1.165, 1.54) is 12.1 Å². The molecule has 2 N–H and O–H groups in total. The maximum absolute atomic E-state index is 13.4. The van der Waals surface area contributed by atoms with Crippen molar-refractivity contribution in [3.63, 3.8) is 0 Å². The van der Waals surface area contributed by atoms with Crippen LogP contribution in [0.2, 0.25) is 0 Å². The number of nitrogens with zero attached hydrogens (tertiary/aromatic N) is 4. The van der Waals surface area contributed by atoms with Crippen molar-refractivity contribution in [3.8, 4) is 0 Å². The summed E-state index contributed by atoms with van der Waals surface area (Å²) in [5, 5.41) is 14.8. The summed E-state index contributed by atoms with van der Waals surface area (Å²) in [5.74, 6) is 2.03. The molecule has 27 heavy (non-hydrogen) atoms. The normalized spacial score (nSPS) is 11.4. The first-order valence-electron chi connectivity index (χ1n) is 8.77. The van der Waals surface area contributed by atoms with Gasteiger partial charge < -0.3 is 15.2 Å². The third-order valence-corrected chi connectivity index (χ3v) is 4.21. The summed E-state index contributed by atoms with van der Waals surface area (Å²) in [7, 11) is 1.92. The van der Waals surface area contributed by atoms with Gasteiger partial charge >= 0.3 is 0 Å². The Labute approximate surface area is 158 Å². The maximum Gasteiger partial charge on any atom is 0.192 e. The molecular formula is C20H23FN6. The molecule has 0 saturated heterocycles. The Kier molecular flexibility index (Phi) is 6.14. The number of hydrogen-bond acceptors (Lipinski definition) is 3. The van der Waals surface area contributed by atoms with E-state index in [4.69, 9.17) is 0 Å². The highest BCUT2D eigenvalue weighted by Gasteiger charge is 2.06. The lowest BCUT2D eigenvalue weighted by atomic mass is 10.2. The van der Waals surface area contributed by atoms with Gasteiger partial charge in [-0.2, -0.15) is 0 Å². The fourth-order valence-corrected chi connectivity index (χ4v) is 2.53. The van der Waals surface area contributed by atoms with Crippen LogP contribution in [0.15, 0.2) is 59.6 Å². The zero-order valence-electron chi connectivity index (χ0n) is 15.5. The summed E-state index contributed by atoms with van der Waals surface area (Å²) < 4.78 is 15.3. The lowest BCUT2D eigenvalue weighted by Crippen LogP contribution is -2.37. The van der Waals surface area contributed by atoms with Gasteiger partial charge in [-0.05, 0) is 30.2 Å². The standard InChI is InChI=1S/C20H23FN6/c1-15-25-26-19(27(15)2)14-24-20(22-12-16-7-4-3-5-8-16)23-13-17-9-6-10-18(21)11-17/h3-11H,12-14H2,1-2H3,(H2,22,23,24). The minimum absolute atomic E-state index is 0.260. The smallest absolute Gasteiger partial charge is 0.192 e. The van der Waals surface area contributed by atoms with E-state index in [0.29, 0.717) is 25.6 Å². The quantitative estimate of drug-likeness (QED) is 0.520. The predicted molar refractivity (Wildman–Crippen MR) is 103 cm³/mol. The van der Waals surface area contributed by atoms with E-state index >= 15 is 0 Å². The Morgan fingerprint density at radius 2 is 1.74 bits per heavy atom. The lowest BCUT2D eigenvalue weighted by molar-refractivity contribution is 0.625. The van der Waals surface area contributed by atoms with Crippen molar-refractivity contribution in [2.24, 2.45) is 12.0 Å². The summed E-state index contributed by atoms with van der Waals surface area (Å²) in [4.78, 5) is 4.57. The van der Waals surface area contributed by atoms with Crippen LogP contribution in [-0.2, 0) is 26.7 Å². The Bertz CT molecular complexity index is 904. The van der Waals surface area contributed by atoms with E-state index in [9.17, 15) is 4.39 Å². The highest BCUT2D eigenvalue weighted by atomic mass is 19.1. The number of aryl methyl sites for hydroxylation is 1. The van der Waals surface area contributed by atoms with Gasteiger partial charge in [-0.15, -0.1) is 10.2 Å². The van der Waals surface area contributed by atoms with E-state index in [0.717, 1.165) is 22.8 Å². The second-order valence-electron chi connectivity index (χ2n) is 6.21. The first-order valence-corrected chi connectivity index (χ1v) is 8.77. The predicted octanol–water partition coefficient (Wildman–Crippen LogP) is 2.70. The third-order valence-electron chi connectivity index (χ3n) is 4.21. The zero-order chi connectivity index (χ0) is 19.1.